The number of carbonyl (C=O) groups is 1. The molecule has 1 aromatic heterocycles. The minimum atomic E-state index is -0.420. The lowest BCUT2D eigenvalue weighted by atomic mass is 10.1. The van der Waals surface area contributed by atoms with Gasteiger partial charge in [0.15, 0.2) is 11.0 Å². The van der Waals surface area contributed by atoms with Crippen molar-refractivity contribution in [3.05, 3.63) is 96.6 Å². The third-order valence-corrected chi connectivity index (χ3v) is 5.85. The van der Waals surface area contributed by atoms with Crippen LogP contribution in [0, 0.1) is 0 Å². The van der Waals surface area contributed by atoms with E-state index in [4.69, 9.17) is 0 Å². The van der Waals surface area contributed by atoms with Gasteiger partial charge in [-0.3, -0.25) is 9.36 Å². The summed E-state index contributed by atoms with van der Waals surface area (Å²) >= 11 is 1.41. The molecule has 0 aliphatic carbocycles. The number of benzene rings is 3. The number of amides is 1. The van der Waals surface area contributed by atoms with Gasteiger partial charge in [-0.15, -0.1) is 10.2 Å². The first-order valence-electron chi connectivity index (χ1n) is 9.64. The Labute approximate surface area is 180 Å². The van der Waals surface area contributed by atoms with Gasteiger partial charge in [-0.05, 0) is 17.7 Å². The van der Waals surface area contributed by atoms with Crippen molar-refractivity contribution in [1.82, 2.24) is 19.7 Å². The van der Waals surface area contributed by atoms with Crippen molar-refractivity contribution in [3.63, 3.8) is 0 Å². The first-order valence-corrected chi connectivity index (χ1v) is 10.5. The van der Waals surface area contributed by atoms with Crippen LogP contribution in [-0.2, 0) is 4.79 Å². The monoisotopic (exact) mass is 414 g/mol. The lowest BCUT2D eigenvalue weighted by molar-refractivity contribution is -0.128. The van der Waals surface area contributed by atoms with E-state index < -0.39 is 5.25 Å². The number of hydrogen-bond donors (Lipinski definition) is 0. The lowest BCUT2D eigenvalue weighted by Crippen LogP contribution is -2.27. The normalized spacial score (nSPS) is 11.8. The lowest BCUT2D eigenvalue weighted by Gasteiger charge is -2.20. The van der Waals surface area contributed by atoms with E-state index in [1.54, 1.807) is 19.0 Å². The Hall–Kier alpha value is -3.38. The minimum absolute atomic E-state index is 0.00933. The number of rotatable bonds is 6. The van der Waals surface area contributed by atoms with Gasteiger partial charge in [0.25, 0.3) is 0 Å². The number of aromatic nitrogens is 3. The SMILES string of the molecule is CN(C)C(=O)C(Sc1nnc(-c2ccccc2)n1-c1ccccc1)c1ccccc1. The zero-order valence-electron chi connectivity index (χ0n) is 16.8. The fourth-order valence-corrected chi connectivity index (χ4v) is 4.36. The van der Waals surface area contributed by atoms with E-state index in [1.165, 1.54) is 11.8 Å². The van der Waals surface area contributed by atoms with E-state index in [-0.39, 0.29) is 5.91 Å². The molecule has 0 spiro atoms. The Balaban J connectivity index is 1.82. The molecule has 1 amide bonds. The summed E-state index contributed by atoms with van der Waals surface area (Å²) < 4.78 is 2.01. The number of hydrogen-bond acceptors (Lipinski definition) is 4. The second-order valence-electron chi connectivity index (χ2n) is 6.98. The maximum atomic E-state index is 13.0. The van der Waals surface area contributed by atoms with Crippen LogP contribution in [0.1, 0.15) is 10.8 Å². The topological polar surface area (TPSA) is 51.0 Å². The molecule has 1 heterocycles. The van der Waals surface area contributed by atoms with Gasteiger partial charge in [0, 0.05) is 25.3 Å². The van der Waals surface area contributed by atoms with Crippen molar-refractivity contribution in [2.24, 2.45) is 0 Å². The molecule has 1 atom stereocenters. The highest BCUT2D eigenvalue weighted by Gasteiger charge is 2.27. The number of para-hydroxylation sites is 1. The van der Waals surface area contributed by atoms with Crippen LogP contribution in [0.3, 0.4) is 0 Å². The maximum absolute atomic E-state index is 13.0. The van der Waals surface area contributed by atoms with Crippen molar-refractivity contribution in [1.29, 1.82) is 0 Å². The Morgan fingerprint density at radius 3 is 2.00 bits per heavy atom. The number of thioether (sulfide) groups is 1. The molecule has 5 nitrogen and oxygen atoms in total. The van der Waals surface area contributed by atoms with Crippen molar-refractivity contribution in [2.45, 2.75) is 10.4 Å². The third-order valence-electron chi connectivity index (χ3n) is 4.67. The highest BCUT2D eigenvalue weighted by Crippen LogP contribution is 2.38. The average molecular weight is 415 g/mol. The summed E-state index contributed by atoms with van der Waals surface area (Å²) in [6, 6.07) is 29.7. The Morgan fingerprint density at radius 1 is 0.833 bits per heavy atom. The van der Waals surface area contributed by atoms with E-state index in [1.807, 2.05) is 95.6 Å². The number of nitrogens with zero attached hydrogens (tertiary/aromatic N) is 4. The zero-order chi connectivity index (χ0) is 20.9. The van der Waals surface area contributed by atoms with Crippen LogP contribution in [0.4, 0.5) is 0 Å². The van der Waals surface area contributed by atoms with Gasteiger partial charge >= 0.3 is 0 Å². The molecule has 0 fully saturated rings. The van der Waals surface area contributed by atoms with Crippen LogP contribution in [0.15, 0.2) is 96.2 Å². The van der Waals surface area contributed by atoms with Crippen molar-refractivity contribution in [2.75, 3.05) is 14.1 Å². The molecular formula is C24H22N4OS. The first-order chi connectivity index (χ1) is 14.6. The molecule has 0 saturated carbocycles. The summed E-state index contributed by atoms with van der Waals surface area (Å²) in [4.78, 5) is 14.6. The van der Waals surface area contributed by atoms with E-state index in [2.05, 4.69) is 10.2 Å². The van der Waals surface area contributed by atoms with Gasteiger partial charge < -0.3 is 4.90 Å². The zero-order valence-corrected chi connectivity index (χ0v) is 17.7. The van der Waals surface area contributed by atoms with E-state index in [9.17, 15) is 4.79 Å². The number of likely N-dealkylation sites (N-methyl/N-ethyl adjacent to an activating group) is 1. The second-order valence-corrected chi connectivity index (χ2v) is 8.06. The quantitative estimate of drug-likeness (QED) is 0.423. The maximum Gasteiger partial charge on any atom is 0.240 e. The molecule has 0 aliphatic heterocycles. The minimum Gasteiger partial charge on any atom is -0.348 e. The van der Waals surface area contributed by atoms with Crippen molar-refractivity contribution in [3.8, 4) is 17.1 Å². The van der Waals surface area contributed by atoms with E-state index >= 15 is 0 Å². The van der Waals surface area contributed by atoms with E-state index in [0.29, 0.717) is 5.16 Å². The molecule has 0 aliphatic rings. The predicted molar refractivity (Wildman–Crippen MR) is 121 cm³/mol. The summed E-state index contributed by atoms with van der Waals surface area (Å²) in [5.41, 5.74) is 2.86. The van der Waals surface area contributed by atoms with Crippen molar-refractivity contribution < 1.29 is 4.79 Å². The molecule has 30 heavy (non-hydrogen) atoms. The van der Waals surface area contributed by atoms with Crippen LogP contribution in [-0.4, -0.2) is 39.7 Å². The second kappa shape index (κ2) is 8.97. The summed E-state index contributed by atoms with van der Waals surface area (Å²) in [5, 5.41) is 9.21. The molecule has 0 N–H and O–H groups in total. The van der Waals surface area contributed by atoms with Crippen molar-refractivity contribution >= 4 is 17.7 Å². The molecule has 0 saturated heterocycles. The number of carbonyl (C=O) groups excluding carboxylic acids is 1. The van der Waals surface area contributed by atoms with Gasteiger partial charge in [-0.1, -0.05) is 90.6 Å². The van der Waals surface area contributed by atoms with Gasteiger partial charge in [0.05, 0.1) is 0 Å². The smallest absolute Gasteiger partial charge is 0.240 e. The van der Waals surface area contributed by atoms with Crippen LogP contribution >= 0.6 is 11.8 Å². The summed E-state index contributed by atoms with van der Waals surface area (Å²) in [5.74, 6) is 0.753. The third kappa shape index (κ3) is 4.14. The summed E-state index contributed by atoms with van der Waals surface area (Å²) in [7, 11) is 3.55. The molecule has 0 bridgehead atoms. The average Bonchev–Trinajstić information content (AvgIpc) is 3.22. The van der Waals surface area contributed by atoms with E-state index in [0.717, 1.165) is 22.6 Å². The highest BCUT2D eigenvalue weighted by atomic mass is 32.2. The van der Waals surface area contributed by atoms with Gasteiger partial charge in [-0.25, -0.2) is 0 Å². The molecule has 150 valence electrons. The molecule has 0 radical (unpaired) electrons. The molecule has 1 unspecified atom stereocenters. The van der Waals surface area contributed by atoms with Gasteiger partial charge in [-0.2, -0.15) is 0 Å². The van der Waals surface area contributed by atoms with Crippen LogP contribution in [0.25, 0.3) is 17.1 Å². The summed E-state index contributed by atoms with van der Waals surface area (Å²) in [6.07, 6.45) is 0. The molecular weight excluding hydrogens is 392 g/mol. The Kier molecular flexibility index (Phi) is 5.95. The Bertz CT molecular complexity index is 1110. The first kappa shape index (κ1) is 19.9. The van der Waals surface area contributed by atoms with Gasteiger partial charge in [0.1, 0.15) is 5.25 Å². The van der Waals surface area contributed by atoms with Crippen LogP contribution in [0.5, 0.6) is 0 Å². The molecule has 4 rings (SSSR count). The largest absolute Gasteiger partial charge is 0.348 e. The molecule has 3 aromatic carbocycles. The van der Waals surface area contributed by atoms with Crippen LogP contribution in [0.2, 0.25) is 0 Å². The fraction of sp³-hybridized carbons (Fsp3) is 0.125. The highest BCUT2D eigenvalue weighted by molar-refractivity contribution is 8.00. The molecule has 6 heteroatoms. The standard InChI is InChI=1S/C24H22N4OS/c1-27(2)23(29)21(18-12-6-3-7-13-18)30-24-26-25-22(19-14-8-4-9-15-19)28(24)20-16-10-5-11-17-20/h3-17,21H,1-2H3. The fourth-order valence-electron chi connectivity index (χ4n) is 3.16. The van der Waals surface area contributed by atoms with Crippen LogP contribution < -0.4 is 0 Å². The molecule has 4 aromatic rings. The predicted octanol–water partition coefficient (Wildman–Crippen LogP) is 4.86. The van der Waals surface area contributed by atoms with Gasteiger partial charge in [0.2, 0.25) is 5.91 Å². The summed E-state index contributed by atoms with van der Waals surface area (Å²) in [6.45, 7) is 0. The Morgan fingerprint density at radius 2 is 1.40 bits per heavy atom.